The SMILES string of the molecule is O=C(Nc1cc[nH]n1)C(Oc1ccc(Cl)cc1)c1ccc(S(=O)(=O)N2CCOCC2)cc1. The third-order valence-corrected chi connectivity index (χ3v) is 7.01. The van der Waals surface area contributed by atoms with E-state index < -0.39 is 22.0 Å². The molecule has 1 amide bonds. The molecular formula is C21H21ClN4O5S. The summed E-state index contributed by atoms with van der Waals surface area (Å²) in [5.41, 5.74) is 0.480. The van der Waals surface area contributed by atoms with Gasteiger partial charge in [0, 0.05) is 35.9 Å². The van der Waals surface area contributed by atoms with Crippen molar-refractivity contribution < 1.29 is 22.7 Å². The minimum atomic E-state index is -3.65. The summed E-state index contributed by atoms with van der Waals surface area (Å²) in [4.78, 5) is 13.1. The molecule has 4 rings (SSSR count). The maximum absolute atomic E-state index is 13.0. The fourth-order valence-electron chi connectivity index (χ4n) is 3.19. The Bertz CT molecular complexity index is 1150. The molecule has 2 N–H and O–H groups in total. The molecule has 0 aliphatic carbocycles. The van der Waals surface area contributed by atoms with E-state index in [1.54, 1.807) is 48.7 Å². The molecule has 0 saturated carbocycles. The number of amides is 1. The highest BCUT2D eigenvalue weighted by Gasteiger charge is 2.28. The van der Waals surface area contributed by atoms with Gasteiger partial charge in [-0.2, -0.15) is 9.40 Å². The van der Waals surface area contributed by atoms with E-state index >= 15 is 0 Å². The zero-order valence-corrected chi connectivity index (χ0v) is 18.5. The quantitative estimate of drug-likeness (QED) is 0.542. The first kappa shape index (κ1) is 22.3. The van der Waals surface area contributed by atoms with Crippen molar-refractivity contribution in [1.29, 1.82) is 0 Å². The Balaban J connectivity index is 1.59. The van der Waals surface area contributed by atoms with Crippen LogP contribution >= 0.6 is 11.6 Å². The zero-order valence-electron chi connectivity index (χ0n) is 16.9. The number of hydrogen-bond acceptors (Lipinski definition) is 6. The van der Waals surface area contributed by atoms with Gasteiger partial charge < -0.3 is 14.8 Å². The number of carbonyl (C=O) groups is 1. The monoisotopic (exact) mass is 476 g/mol. The fourth-order valence-corrected chi connectivity index (χ4v) is 4.73. The lowest BCUT2D eigenvalue weighted by Gasteiger charge is -2.26. The smallest absolute Gasteiger partial charge is 0.271 e. The number of anilines is 1. The standard InChI is InChI=1S/C21H21ClN4O5S/c22-16-3-5-17(6-4-16)31-20(21(27)24-19-9-10-23-25-19)15-1-7-18(8-2-15)32(28,29)26-11-13-30-14-12-26/h1-10,20H,11-14H2,(H2,23,24,25,27). The summed E-state index contributed by atoms with van der Waals surface area (Å²) in [6, 6.07) is 14.3. The third kappa shape index (κ3) is 5.10. The van der Waals surface area contributed by atoms with Crippen LogP contribution in [0.2, 0.25) is 5.02 Å². The molecular weight excluding hydrogens is 456 g/mol. The second kappa shape index (κ2) is 9.70. The molecule has 168 valence electrons. The number of benzene rings is 2. The lowest BCUT2D eigenvalue weighted by atomic mass is 10.1. The van der Waals surface area contributed by atoms with Gasteiger partial charge in [0.2, 0.25) is 16.1 Å². The molecule has 1 aromatic heterocycles. The minimum Gasteiger partial charge on any atom is -0.476 e. The van der Waals surface area contributed by atoms with Gasteiger partial charge in [-0.05, 0) is 36.4 Å². The summed E-state index contributed by atoms with van der Waals surface area (Å²) in [7, 11) is -3.65. The highest BCUT2D eigenvalue weighted by atomic mass is 35.5. The lowest BCUT2D eigenvalue weighted by Crippen LogP contribution is -2.40. The van der Waals surface area contributed by atoms with Crippen molar-refractivity contribution in [3.63, 3.8) is 0 Å². The Morgan fingerprint density at radius 1 is 1.09 bits per heavy atom. The topological polar surface area (TPSA) is 114 Å². The number of aromatic amines is 1. The molecule has 9 nitrogen and oxygen atoms in total. The van der Waals surface area contributed by atoms with E-state index in [0.29, 0.717) is 48.5 Å². The predicted molar refractivity (Wildman–Crippen MR) is 118 cm³/mol. The van der Waals surface area contributed by atoms with Crippen LogP contribution in [0.25, 0.3) is 0 Å². The fraction of sp³-hybridized carbons (Fsp3) is 0.238. The Kier molecular flexibility index (Phi) is 6.75. The van der Waals surface area contributed by atoms with Gasteiger partial charge in [-0.25, -0.2) is 8.42 Å². The molecule has 32 heavy (non-hydrogen) atoms. The van der Waals surface area contributed by atoms with Crippen LogP contribution in [0.4, 0.5) is 5.82 Å². The second-order valence-electron chi connectivity index (χ2n) is 6.99. The summed E-state index contributed by atoms with van der Waals surface area (Å²) in [5.74, 6) is 0.309. The third-order valence-electron chi connectivity index (χ3n) is 4.85. The molecule has 3 aromatic rings. The van der Waals surface area contributed by atoms with E-state index in [2.05, 4.69) is 15.5 Å². The van der Waals surface area contributed by atoms with Gasteiger partial charge in [0.05, 0.1) is 18.1 Å². The number of H-pyrrole nitrogens is 1. The van der Waals surface area contributed by atoms with E-state index in [9.17, 15) is 13.2 Å². The number of ether oxygens (including phenoxy) is 2. The van der Waals surface area contributed by atoms with Crippen molar-refractivity contribution in [2.45, 2.75) is 11.0 Å². The first-order valence-electron chi connectivity index (χ1n) is 9.84. The van der Waals surface area contributed by atoms with Crippen LogP contribution in [0.15, 0.2) is 65.7 Å². The number of halogens is 1. The second-order valence-corrected chi connectivity index (χ2v) is 9.36. The number of nitrogens with zero attached hydrogens (tertiary/aromatic N) is 2. The lowest BCUT2D eigenvalue weighted by molar-refractivity contribution is -0.123. The average Bonchev–Trinajstić information content (AvgIpc) is 3.32. The first-order valence-corrected chi connectivity index (χ1v) is 11.7. The number of carbonyl (C=O) groups excluding carboxylic acids is 1. The van der Waals surface area contributed by atoms with Gasteiger partial charge >= 0.3 is 0 Å². The maximum atomic E-state index is 13.0. The number of rotatable bonds is 7. The van der Waals surface area contributed by atoms with Crippen molar-refractivity contribution in [2.75, 3.05) is 31.6 Å². The molecule has 0 radical (unpaired) electrons. The van der Waals surface area contributed by atoms with Crippen LogP contribution in [0.5, 0.6) is 5.75 Å². The summed E-state index contributed by atoms with van der Waals surface area (Å²) < 4.78 is 38.3. The molecule has 1 atom stereocenters. The number of aromatic nitrogens is 2. The Morgan fingerprint density at radius 3 is 2.41 bits per heavy atom. The van der Waals surface area contributed by atoms with Gasteiger partial charge in [0.1, 0.15) is 5.75 Å². The highest BCUT2D eigenvalue weighted by Crippen LogP contribution is 2.27. The number of nitrogens with one attached hydrogen (secondary N) is 2. The van der Waals surface area contributed by atoms with E-state index in [1.807, 2.05) is 0 Å². The van der Waals surface area contributed by atoms with Crippen LogP contribution in [0.3, 0.4) is 0 Å². The largest absolute Gasteiger partial charge is 0.476 e. The van der Waals surface area contributed by atoms with Gasteiger partial charge in [0.25, 0.3) is 5.91 Å². The van der Waals surface area contributed by atoms with Crippen LogP contribution in [0, 0.1) is 0 Å². The average molecular weight is 477 g/mol. The molecule has 1 aliphatic rings. The van der Waals surface area contributed by atoms with Gasteiger partial charge in [-0.1, -0.05) is 23.7 Å². The van der Waals surface area contributed by atoms with Crippen molar-refractivity contribution in [3.8, 4) is 5.75 Å². The number of morpholine rings is 1. The van der Waals surface area contributed by atoms with Gasteiger partial charge in [-0.3, -0.25) is 9.89 Å². The molecule has 1 saturated heterocycles. The molecule has 0 bridgehead atoms. The highest BCUT2D eigenvalue weighted by molar-refractivity contribution is 7.89. The van der Waals surface area contributed by atoms with E-state index in [-0.39, 0.29) is 4.90 Å². The van der Waals surface area contributed by atoms with Crippen LogP contribution in [-0.4, -0.2) is 55.1 Å². The summed E-state index contributed by atoms with van der Waals surface area (Å²) in [6.07, 6.45) is 0.531. The Morgan fingerprint density at radius 2 is 1.78 bits per heavy atom. The molecule has 0 spiro atoms. The van der Waals surface area contributed by atoms with E-state index in [4.69, 9.17) is 21.1 Å². The van der Waals surface area contributed by atoms with E-state index in [1.165, 1.54) is 16.4 Å². The van der Waals surface area contributed by atoms with Crippen LogP contribution in [-0.2, 0) is 19.6 Å². The first-order chi connectivity index (χ1) is 15.4. The molecule has 1 unspecified atom stereocenters. The minimum absolute atomic E-state index is 0.140. The molecule has 2 heterocycles. The number of hydrogen-bond donors (Lipinski definition) is 2. The normalized spacial score (nSPS) is 15.8. The van der Waals surface area contributed by atoms with Crippen molar-refractivity contribution >= 4 is 33.3 Å². The Hall–Kier alpha value is -2.92. The molecule has 1 fully saturated rings. The molecule has 2 aromatic carbocycles. The van der Waals surface area contributed by atoms with Gasteiger partial charge in [0.15, 0.2) is 5.82 Å². The van der Waals surface area contributed by atoms with Crippen molar-refractivity contribution in [3.05, 3.63) is 71.4 Å². The maximum Gasteiger partial charge on any atom is 0.271 e. The van der Waals surface area contributed by atoms with Crippen LogP contribution < -0.4 is 10.1 Å². The van der Waals surface area contributed by atoms with Gasteiger partial charge in [-0.15, -0.1) is 0 Å². The van der Waals surface area contributed by atoms with Crippen LogP contribution in [0.1, 0.15) is 11.7 Å². The number of sulfonamides is 1. The van der Waals surface area contributed by atoms with Crippen molar-refractivity contribution in [1.82, 2.24) is 14.5 Å². The molecule has 11 heteroatoms. The molecule has 1 aliphatic heterocycles. The Labute approximate surface area is 190 Å². The summed E-state index contributed by atoms with van der Waals surface area (Å²) in [6.45, 7) is 1.33. The summed E-state index contributed by atoms with van der Waals surface area (Å²) >= 11 is 5.93. The predicted octanol–water partition coefficient (Wildman–Crippen LogP) is 2.84. The zero-order chi connectivity index (χ0) is 22.6. The van der Waals surface area contributed by atoms with E-state index in [0.717, 1.165) is 0 Å². The summed E-state index contributed by atoms with van der Waals surface area (Å²) in [5, 5.41) is 9.76. The van der Waals surface area contributed by atoms with Crippen molar-refractivity contribution in [2.24, 2.45) is 0 Å².